The standard InChI is InChI=1S/C7H5Cl2FN2/c1-4(3-11)6(8)12-7(9)5(2)10/h1H2,2H3/b7-5+,12-6+. The molecule has 0 amide bonds. The molecule has 0 heterocycles. The van der Waals surface area contributed by atoms with Gasteiger partial charge in [0.05, 0.1) is 5.57 Å². The van der Waals surface area contributed by atoms with Gasteiger partial charge in [0.2, 0.25) is 0 Å². The molecule has 0 aromatic rings. The molecule has 2 nitrogen and oxygen atoms in total. The van der Waals surface area contributed by atoms with Crippen LogP contribution in [0.1, 0.15) is 6.92 Å². The molecule has 0 radical (unpaired) electrons. The average molecular weight is 207 g/mol. The van der Waals surface area contributed by atoms with E-state index in [2.05, 4.69) is 11.6 Å². The Kier molecular flexibility index (Phi) is 4.57. The van der Waals surface area contributed by atoms with Crippen LogP contribution < -0.4 is 0 Å². The summed E-state index contributed by atoms with van der Waals surface area (Å²) in [6, 6.07) is 1.65. The lowest BCUT2D eigenvalue weighted by molar-refractivity contribution is 0.634. The van der Waals surface area contributed by atoms with Crippen LogP contribution in [0.3, 0.4) is 0 Å². The van der Waals surface area contributed by atoms with Gasteiger partial charge in [0.25, 0.3) is 0 Å². The summed E-state index contributed by atoms with van der Waals surface area (Å²) in [5.41, 5.74) is -0.0592. The van der Waals surface area contributed by atoms with Crippen LogP contribution in [0.15, 0.2) is 28.1 Å². The topological polar surface area (TPSA) is 36.1 Å². The van der Waals surface area contributed by atoms with Crippen molar-refractivity contribution < 1.29 is 4.39 Å². The zero-order valence-corrected chi connectivity index (χ0v) is 7.75. The molecule has 12 heavy (non-hydrogen) atoms. The van der Waals surface area contributed by atoms with Gasteiger partial charge < -0.3 is 0 Å². The molecule has 0 bridgehead atoms. The van der Waals surface area contributed by atoms with E-state index in [0.717, 1.165) is 6.92 Å². The first-order valence-electron chi connectivity index (χ1n) is 2.84. The van der Waals surface area contributed by atoms with Gasteiger partial charge >= 0.3 is 0 Å². The highest BCUT2D eigenvalue weighted by atomic mass is 35.5. The average Bonchev–Trinajstić information content (AvgIpc) is 2.02. The maximum Gasteiger partial charge on any atom is 0.161 e. The molecule has 0 aliphatic carbocycles. The minimum Gasteiger partial charge on any atom is -0.220 e. The molecule has 0 fully saturated rings. The van der Waals surface area contributed by atoms with Crippen molar-refractivity contribution in [3.05, 3.63) is 23.1 Å². The summed E-state index contributed by atoms with van der Waals surface area (Å²) < 4.78 is 12.3. The largest absolute Gasteiger partial charge is 0.220 e. The lowest BCUT2D eigenvalue weighted by Crippen LogP contribution is -1.89. The number of aliphatic imine (C=N–C) groups is 1. The Labute approximate surface area is 79.6 Å². The molecule has 0 rings (SSSR count). The molecule has 0 saturated carbocycles. The van der Waals surface area contributed by atoms with E-state index < -0.39 is 5.83 Å². The van der Waals surface area contributed by atoms with Gasteiger partial charge in [0.15, 0.2) is 5.16 Å². The first-order valence-corrected chi connectivity index (χ1v) is 3.60. The first-order chi connectivity index (χ1) is 5.49. The number of nitriles is 1. The number of nitrogens with zero attached hydrogens (tertiary/aromatic N) is 2. The third-order valence-corrected chi connectivity index (χ3v) is 1.52. The summed E-state index contributed by atoms with van der Waals surface area (Å²) in [5, 5.41) is 7.70. The highest BCUT2D eigenvalue weighted by molar-refractivity contribution is 6.70. The molecule has 0 aliphatic rings. The van der Waals surface area contributed by atoms with Gasteiger partial charge in [-0.15, -0.1) is 0 Å². The molecule has 0 N–H and O–H groups in total. The van der Waals surface area contributed by atoms with E-state index in [1.54, 1.807) is 6.07 Å². The minimum atomic E-state index is -0.666. The molecule has 0 spiro atoms. The van der Waals surface area contributed by atoms with Gasteiger partial charge in [0, 0.05) is 0 Å². The summed E-state index contributed by atoms with van der Waals surface area (Å²) in [6.45, 7) is 4.39. The number of hydrogen-bond donors (Lipinski definition) is 0. The lowest BCUT2D eigenvalue weighted by atomic mass is 10.4. The molecule has 0 aromatic heterocycles. The van der Waals surface area contributed by atoms with Gasteiger partial charge in [-0.3, -0.25) is 0 Å². The Morgan fingerprint density at radius 1 is 1.58 bits per heavy atom. The molecular weight excluding hydrogens is 202 g/mol. The predicted molar refractivity (Wildman–Crippen MR) is 47.7 cm³/mol. The van der Waals surface area contributed by atoms with Crippen LogP contribution in [0.5, 0.6) is 0 Å². The molecule has 0 aliphatic heterocycles. The Bertz CT molecular complexity index is 295. The third kappa shape index (κ3) is 3.51. The Morgan fingerprint density at radius 2 is 2.08 bits per heavy atom. The molecule has 5 heteroatoms. The van der Waals surface area contributed by atoms with Crippen molar-refractivity contribution in [3.8, 4) is 6.07 Å². The zero-order valence-electron chi connectivity index (χ0n) is 6.24. The van der Waals surface area contributed by atoms with E-state index in [1.807, 2.05) is 0 Å². The fourth-order valence-corrected chi connectivity index (χ4v) is 0.531. The number of halogens is 3. The summed E-state index contributed by atoms with van der Waals surface area (Å²) in [7, 11) is 0. The fourth-order valence-electron chi connectivity index (χ4n) is 0.277. The van der Waals surface area contributed by atoms with Crippen molar-refractivity contribution in [1.82, 2.24) is 0 Å². The van der Waals surface area contributed by atoms with Gasteiger partial charge in [-0.1, -0.05) is 29.8 Å². The molecular formula is C7H5Cl2FN2. The van der Waals surface area contributed by atoms with Crippen LogP contribution >= 0.6 is 23.2 Å². The van der Waals surface area contributed by atoms with Crippen molar-refractivity contribution in [3.63, 3.8) is 0 Å². The number of hydrogen-bond acceptors (Lipinski definition) is 2. The third-order valence-electron chi connectivity index (χ3n) is 0.865. The van der Waals surface area contributed by atoms with E-state index in [9.17, 15) is 4.39 Å². The molecule has 64 valence electrons. The smallest absolute Gasteiger partial charge is 0.161 e. The van der Waals surface area contributed by atoms with Gasteiger partial charge in [0.1, 0.15) is 17.1 Å². The van der Waals surface area contributed by atoms with Crippen LogP contribution in [0.2, 0.25) is 0 Å². The number of allylic oxidation sites excluding steroid dienone is 2. The highest BCUT2D eigenvalue weighted by Gasteiger charge is 2.02. The van der Waals surface area contributed by atoms with Crippen molar-refractivity contribution in [2.75, 3.05) is 0 Å². The second-order valence-corrected chi connectivity index (χ2v) is 2.53. The SMILES string of the molecule is C=C(C#N)/C(Cl)=N\C(Cl)=C(/C)F. The van der Waals surface area contributed by atoms with Crippen molar-refractivity contribution in [2.45, 2.75) is 6.92 Å². The van der Waals surface area contributed by atoms with Crippen LogP contribution in [-0.4, -0.2) is 5.17 Å². The van der Waals surface area contributed by atoms with Crippen molar-refractivity contribution >= 4 is 28.4 Å². The van der Waals surface area contributed by atoms with Crippen LogP contribution in [-0.2, 0) is 0 Å². The van der Waals surface area contributed by atoms with Gasteiger partial charge in [-0.25, -0.2) is 9.38 Å². The Hall–Kier alpha value is -0.850. The maximum absolute atomic E-state index is 12.3. The minimum absolute atomic E-state index is 0.0592. The normalized spacial score (nSPS) is 13.4. The molecule has 0 saturated heterocycles. The Balaban J connectivity index is 4.73. The van der Waals surface area contributed by atoms with E-state index >= 15 is 0 Å². The van der Waals surface area contributed by atoms with Crippen molar-refractivity contribution in [2.24, 2.45) is 4.99 Å². The maximum atomic E-state index is 12.3. The van der Waals surface area contributed by atoms with Crippen molar-refractivity contribution in [1.29, 1.82) is 5.26 Å². The van der Waals surface area contributed by atoms with E-state index in [-0.39, 0.29) is 15.9 Å². The molecule has 0 atom stereocenters. The Morgan fingerprint density at radius 3 is 2.42 bits per heavy atom. The van der Waals surface area contributed by atoms with Crippen LogP contribution in [0.25, 0.3) is 0 Å². The lowest BCUT2D eigenvalue weighted by Gasteiger charge is -1.92. The summed E-state index contributed by atoms with van der Waals surface area (Å²) in [4.78, 5) is 3.38. The monoisotopic (exact) mass is 206 g/mol. The van der Waals surface area contributed by atoms with Crippen LogP contribution in [0.4, 0.5) is 4.39 Å². The second-order valence-electron chi connectivity index (χ2n) is 1.82. The highest BCUT2D eigenvalue weighted by Crippen LogP contribution is 2.14. The van der Waals surface area contributed by atoms with E-state index in [4.69, 9.17) is 28.5 Å². The van der Waals surface area contributed by atoms with Gasteiger partial charge in [-0.05, 0) is 6.92 Å². The predicted octanol–water partition coefficient (Wildman–Crippen LogP) is 3.10. The second kappa shape index (κ2) is 4.91. The molecule has 0 aromatic carbocycles. The number of rotatable bonds is 2. The molecule has 0 unspecified atom stereocenters. The van der Waals surface area contributed by atoms with E-state index in [0.29, 0.717) is 0 Å². The van der Waals surface area contributed by atoms with Gasteiger partial charge in [-0.2, -0.15) is 5.26 Å². The zero-order chi connectivity index (χ0) is 9.72. The first kappa shape index (κ1) is 11.2. The summed E-state index contributed by atoms with van der Waals surface area (Å²) >= 11 is 10.7. The summed E-state index contributed by atoms with van der Waals surface area (Å²) in [5.74, 6) is -0.666. The summed E-state index contributed by atoms with van der Waals surface area (Å²) in [6.07, 6.45) is 0. The quantitative estimate of drug-likeness (QED) is 0.389. The van der Waals surface area contributed by atoms with Crippen LogP contribution in [0, 0.1) is 11.3 Å². The fraction of sp³-hybridized carbons (Fsp3) is 0.143. The van der Waals surface area contributed by atoms with E-state index in [1.165, 1.54) is 0 Å².